The van der Waals surface area contributed by atoms with Crippen LogP contribution >= 0.6 is 0 Å². The highest BCUT2D eigenvalue weighted by Crippen LogP contribution is 2.58. The van der Waals surface area contributed by atoms with Crippen molar-refractivity contribution in [3.05, 3.63) is 41.5 Å². The Morgan fingerprint density at radius 3 is 2.31 bits per heavy atom. The number of benzene rings is 1. The zero-order valence-electron chi connectivity index (χ0n) is 19.6. The highest BCUT2D eigenvalue weighted by molar-refractivity contribution is 5.89. The Labute approximate surface area is 189 Å². The SMILES string of the molecule is COc1ccc(C(=O)OC2CC(C)=CC(OC(C)=O)C3(C)C(O)CC(O)(C(C)C)C23)cc1. The van der Waals surface area contributed by atoms with Gasteiger partial charge in [0.05, 0.1) is 24.4 Å². The molecule has 0 saturated heterocycles. The molecule has 0 aromatic heterocycles. The number of ether oxygens (including phenoxy) is 3. The van der Waals surface area contributed by atoms with E-state index in [2.05, 4.69) is 0 Å². The van der Waals surface area contributed by atoms with Gasteiger partial charge in [0.15, 0.2) is 0 Å². The van der Waals surface area contributed by atoms with Crippen LogP contribution in [-0.4, -0.2) is 53.2 Å². The second kappa shape index (κ2) is 8.87. The normalized spacial score (nSPS) is 34.3. The summed E-state index contributed by atoms with van der Waals surface area (Å²) in [5.74, 6) is -1.24. The maximum atomic E-state index is 13.0. The minimum absolute atomic E-state index is 0.104. The van der Waals surface area contributed by atoms with Gasteiger partial charge in [-0.25, -0.2) is 4.79 Å². The van der Waals surface area contributed by atoms with Crippen LogP contribution in [0.1, 0.15) is 57.8 Å². The molecule has 32 heavy (non-hydrogen) atoms. The summed E-state index contributed by atoms with van der Waals surface area (Å²) < 4.78 is 16.8. The standard InChI is InChI=1S/C25H34O7/c1-14(2)25(29)13-20(27)24(5)21(31-16(4)26)12-15(3)11-19(22(24)25)32-23(28)17-7-9-18(30-6)10-8-17/h7-10,12,14,19-22,27,29H,11,13H2,1-6H3. The fraction of sp³-hybridized carbons (Fsp3) is 0.600. The molecule has 176 valence electrons. The zero-order chi connectivity index (χ0) is 23.8. The lowest BCUT2D eigenvalue weighted by Gasteiger charge is -2.45. The van der Waals surface area contributed by atoms with Crippen LogP contribution in [0.5, 0.6) is 5.75 Å². The molecule has 0 radical (unpaired) electrons. The lowest BCUT2D eigenvalue weighted by atomic mass is 9.66. The maximum Gasteiger partial charge on any atom is 0.338 e. The predicted octanol–water partition coefficient (Wildman–Crippen LogP) is 3.28. The first-order chi connectivity index (χ1) is 14.9. The number of fused-ring (bicyclic) bond motifs is 1. The highest BCUT2D eigenvalue weighted by atomic mass is 16.6. The molecule has 0 amide bonds. The number of aliphatic hydroxyl groups is 2. The molecule has 0 spiro atoms. The van der Waals surface area contributed by atoms with Gasteiger partial charge in [-0.2, -0.15) is 0 Å². The molecule has 1 saturated carbocycles. The Morgan fingerprint density at radius 1 is 1.16 bits per heavy atom. The zero-order valence-corrected chi connectivity index (χ0v) is 19.6. The van der Waals surface area contributed by atoms with Crippen LogP contribution in [0.15, 0.2) is 35.9 Å². The van der Waals surface area contributed by atoms with Gasteiger partial charge in [-0.1, -0.05) is 26.3 Å². The van der Waals surface area contributed by atoms with Gasteiger partial charge in [0.1, 0.15) is 18.0 Å². The molecule has 0 aliphatic heterocycles. The number of aliphatic hydroxyl groups excluding tert-OH is 1. The Balaban J connectivity index is 2.03. The summed E-state index contributed by atoms with van der Waals surface area (Å²) in [5.41, 5.74) is -1.12. The van der Waals surface area contributed by atoms with E-state index in [0.717, 1.165) is 5.57 Å². The predicted molar refractivity (Wildman–Crippen MR) is 118 cm³/mol. The molecule has 3 rings (SSSR count). The van der Waals surface area contributed by atoms with E-state index in [4.69, 9.17) is 14.2 Å². The van der Waals surface area contributed by atoms with Crippen molar-refractivity contribution in [1.82, 2.24) is 0 Å². The van der Waals surface area contributed by atoms with Gasteiger partial charge in [0.2, 0.25) is 0 Å². The van der Waals surface area contributed by atoms with Crippen LogP contribution in [-0.2, 0) is 14.3 Å². The lowest BCUT2D eigenvalue weighted by Crippen LogP contribution is -2.54. The largest absolute Gasteiger partial charge is 0.497 e. The minimum atomic E-state index is -1.31. The molecule has 0 bridgehead atoms. The van der Waals surface area contributed by atoms with E-state index in [1.165, 1.54) is 6.92 Å². The quantitative estimate of drug-likeness (QED) is 0.529. The average Bonchev–Trinajstić information content (AvgIpc) is 2.86. The summed E-state index contributed by atoms with van der Waals surface area (Å²) in [7, 11) is 1.55. The summed E-state index contributed by atoms with van der Waals surface area (Å²) >= 11 is 0. The Morgan fingerprint density at radius 2 is 1.78 bits per heavy atom. The van der Waals surface area contributed by atoms with Crippen molar-refractivity contribution >= 4 is 11.9 Å². The maximum absolute atomic E-state index is 13.0. The number of hydrogen-bond acceptors (Lipinski definition) is 7. The fourth-order valence-corrected chi connectivity index (χ4v) is 5.41. The first-order valence-electron chi connectivity index (χ1n) is 11.0. The molecule has 2 N–H and O–H groups in total. The van der Waals surface area contributed by atoms with E-state index < -0.39 is 47.2 Å². The third-order valence-corrected chi connectivity index (χ3v) is 7.27. The van der Waals surface area contributed by atoms with Crippen molar-refractivity contribution in [2.45, 2.75) is 71.4 Å². The van der Waals surface area contributed by atoms with E-state index in [1.54, 1.807) is 38.3 Å². The fourth-order valence-electron chi connectivity index (χ4n) is 5.41. The van der Waals surface area contributed by atoms with Crippen molar-refractivity contribution in [2.24, 2.45) is 17.3 Å². The van der Waals surface area contributed by atoms with E-state index in [1.807, 2.05) is 26.8 Å². The topological polar surface area (TPSA) is 102 Å². The third kappa shape index (κ3) is 4.16. The summed E-state index contributed by atoms with van der Waals surface area (Å²) in [6.07, 6.45) is -0.137. The number of rotatable bonds is 5. The second-order valence-corrected chi connectivity index (χ2v) is 9.63. The van der Waals surface area contributed by atoms with Crippen molar-refractivity contribution in [1.29, 1.82) is 0 Å². The number of hydrogen-bond donors (Lipinski definition) is 2. The van der Waals surface area contributed by atoms with Gasteiger partial charge in [-0.3, -0.25) is 4.79 Å². The molecule has 1 aromatic carbocycles. The van der Waals surface area contributed by atoms with Crippen molar-refractivity contribution in [2.75, 3.05) is 7.11 Å². The smallest absolute Gasteiger partial charge is 0.338 e. The summed E-state index contributed by atoms with van der Waals surface area (Å²) in [4.78, 5) is 24.9. The number of carbonyl (C=O) groups is 2. The molecule has 1 aromatic rings. The van der Waals surface area contributed by atoms with E-state index >= 15 is 0 Å². The summed E-state index contributed by atoms with van der Waals surface area (Å²) in [6, 6.07) is 6.61. The van der Waals surface area contributed by atoms with Gasteiger partial charge in [0.25, 0.3) is 0 Å². The second-order valence-electron chi connectivity index (χ2n) is 9.63. The van der Waals surface area contributed by atoms with E-state index in [0.29, 0.717) is 17.7 Å². The first kappa shape index (κ1) is 24.3. The average molecular weight is 447 g/mol. The van der Waals surface area contributed by atoms with Gasteiger partial charge in [-0.15, -0.1) is 0 Å². The van der Waals surface area contributed by atoms with Crippen LogP contribution in [0, 0.1) is 17.3 Å². The Bertz CT molecular complexity index is 890. The monoisotopic (exact) mass is 446 g/mol. The molecular formula is C25H34O7. The van der Waals surface area contributed by atoms with E-state index in [-0.39, 0.29) is 12.3 Å². The van der Waals surface area contributed by atoms with Crippen LogP contribution in [0.2, 0.25) is 0 Å². The van der Waals surface area contributed by atoms with Gasteiger partial charge >= 0.3 is 11.9 Å². The van der Waals surface area contributed by atoms with Gasteiger partial charge in [-0.05, 0) is 43.2 Å². The lowest BCUT2D eigenvalue weighted by molar-refractivity contribution is -0.166. The van der Waals surface area contributed by atoms with Crippen molar-refractivity contribution in [3.8, 4) is 5.75 Å². The number of esters is 2. The Hall–Kier alpha value is -2.38. The summed E-state index contributed by atoms with van der Waals surface area (Å²) in [6.45, 7) is 8.76. The van der Waals surface area contributed by atoms with Gasteiger partial charge in [0, 0.05) is 31.1 Å². The molecule has 2 aliphatic carbocycles. The molecule has 1 fully saturated rings. The molecule has 6 atom stereocenters. The number of carbonyl (C=O) groups excluding carboxylic acids is 2. The first-order valence-corrected chi connectivity index (χ1v) is 11.0. The van der Waals surface area contributed by atoms with Crippen LogP contribution < -0.4 is 4.74 Å². The molecule has 7 heteroatoms. The van der Waals surface area contributed by atoms with E-state index in [9.17, 15) is 19.8 Å². The highest BCUT2D eigenvalue weighted by Gasteiger charge is 2.67. The molecule has 0 heterocycles. The summed E-state index contributed by atoms with van der Waals surface area (Å²) in [5, 5.41) is 22.9. The van der Waals surface area contributed by atoms with Crippen molar-refractivity contribution in [3.63, 3.8) is 0 Å². The molecule has 2 aliphatic rings. The molecule has 6 unspecified atom stereocenters. The van der Waals surface area contributed by atoms with Crippen LogP contribution in [0.4, 0.5) is 0 Å². The number of methoxy groups -OCH3 is 1. The minimum Gasteiger partial charge on any atom is -0.497 e. The molecule has 7 nitrogen and oxygen atoms in total. The Kier molecular flexibility index (Phi) is 6.72. The van der Waals surface area contributed by atoms with Crippen molar-refractivity contribution < 1.29 is 34.0 Å². The molecular weight excluding hydrogens is 412 g/mol. The van der Waals surface area contributed by atoms with Crippen LogP contribution in [0.25, 0.3) is 0 Å². The van der Waals surface area contributed by atoms with Crippen LogP contribution in [0.3, 0.4) is 0 Å². The van der Waals surface area contributed by atoms with Gasteiger partial charge < -0.3 is 24.4 Å². The third-order valence-electron chi connectivity index (χ3n) is 7.27.